The molecule has 4 rings (SSSR count). The molecule has 1 amide bonds. The van der Waals surface area contributed by atoms with Crippen molar-refractivity contribution in [3.8, 4) is 5.75 Å². The van der Waals surface area contributed by atoms with E-state index < -0.39 is 17.3 Å². The Bertz CT molecular complexity index is 1720. The summed E-state index contributed by atoms with van der Waals surface area (Å²) in [6.07, 6.45) is 7.26. The Balaban J connectivity index is 1.34. The Hall–Kier alpha value is -4.63. The minimum absolute atomic E-state index is 0.0891. The highest BCUT2D eigenvalue weighted by Crippen LogP contribution is 2.33. The zero-order chi connectivity index (χ0) is 32.6. The molecule has 45 heavy (non-hydrogen) atoms. The summed E-state index contributed by atoms with van der Waals surface area (Å²) >= 11 is 3.52. The van der Waals surface area contributed by atoms with E-state index in [1.54, 1.807) is 18.3 Å². The molecule has 0 saturated carbocycles. The van der Waals surface area contributed by atoms with Gasteiger partial charge in [-0.3, -0.25) is 9.79 Å². The number of aryl methyl sites for hydroxylation is 1. The fraction of sp³-hybridized carbons (Fsp3) is 0.167. The number of halogens is 4. The van der Waals surface area contributed by atoms with Crippen LogP contribution in [0.25, 0.3) is 5.57 Å². The minimum Gasteiger partial charge on any atom is -0.507 e. The summed E-state index contributed by atoms with van der Waals surface area (Å²) in [6, 6.07) is 18.0. The normalized spacial score (nSPS) is 13.8. The number of amides is 1. The number of carbonyl (C=O) groups is 1. The van der Waals surface area contributed by atoms with E-state index >= 15 is 0 Å². The molecule has 9 heteroatoms. The average Bonchev–Trinajstić information content (AvgIpc) is 3.35. The van der Waals surface area contributed by atoms with Gasteiger partial charge in [-0.1, -0.05) is 61.7 Å². The van der Waals surface area contributed by atoms with Crippen molar-refractivity contribution >= 4 is 39.3 Å². The first-order valence-electron chi connectivity index (χ1n) is 14.2. The number of nitrogens with zero attached hydrogens (tertiary/aromatic N) is 1. The van der Waals surface area contributed by atoms with Crippen LogP contribution in [0.1, 0.15) is 42.0 Å². The largest absolute Gasteiger partial charge is 0.507 e. The van der Waals surface area contributed by atoms with Gasteiger partial charge in [-0.15, -0.1) is 0 Å². The maximum atomic E-state index is 13.9. The van der Waals surface area contributed by atoms with Crippen LogP contribution in [0.15, 0.2) is 125 Å². The van der Waals surface area contributed by atoms with Crippen LogP contribution in [-0.2, 0) is 23.7 Å². The van der Waals surface area contributed by atoms with Crippen molar-refractivity contribution in [2.45, 2.75) is 38.7 Å². The van der Waals surface area contributed by atoms with Crippen LogP contribution >= 0.6 is 15.9 Å². The number of phenolic OH excluding ortho intramolecular Hbond substituents is 1. The number of benzene rings is 3. The van der Waals surface area contributed by atoms with Gasteiger partial charge in [0.1, 0.15) is 11.6 Å². The molecular weight excluding hydrogens is 643 g/mol. The van der Waals surface area contributed by atoms with Crippen molar-refractivity contribution in [1.29, 1.82) is 0 Å². The van der Waals surface area contributed by atoms with Crippen LogP contribution < -0.4 is 10.6 Å². The van der Waals surface area contributed by atoms with Gasteiger partial charge in [0.2, 0.25) is 5.91 Å². The molecule has 0 bridgehead atoms. The van der Waals surface area contributed by atoms with Crippen LogP contribution in [0.4, 0.5) is 18.9 Å². The van der Waals surface area contributed by atoms with Crippen molar-refractivity contribution in [3.63, 3.8) is 0 Å². The molecule has 0 saturated heterocycles. The molecule has 3 aromatic carbocycles. The lowest BCUT2D eigenvalue weighted by Crippen LogP contribution is -2.15. The van der Waals surface area contributed by atoms with Gasteiger partial charge in [0, 0.05) is 40.6 Å². The number of carbonyl (C=O) groups excluding carboxylic acids is 1. The number of alkyl halides is 2. The van der Waals surface area contributed by atoms with Gasteiger partial charge in [0.15, 0.2) is 0 Å². The maximum Gasteiger partial charge on any atom is 0.294 e. The van der Waals surface area contributed by atoms with Crippen molar-refractivity contribution in [1.82, 2.24) is 5.32 Å². The molecule has 0 aromatic heterocycles. The van der Waals surface area contributed by atoms with Gasteiger partial charge < -0.3 is 15.7 Å². The highest BCUT2D eigenvalue weighted by Gasteiger charge is 2.31. The molecule has 1 aliphatic heterocycles. The smallest absolute Gasteiger partial charge is 0.294 e. The summed E-state index contributed by atoms with van der Waals surface area (Å²) in [6.45, 7) is 9.55. The first-order chi connectivity index (χ1) is 21.5. The van der Waals surface area contributed by atoms with Crippen molar-refractivity contribution in [2.24, 2.45) is 4.99 Å². The summed E-state index contributed by atoms with van der Waals surface area (Å²) < 4.78 is 42.6. The Kier molecular flexibility index (Phi) is 11.0. The fourth-order valence-corrected chi connectivity index (χ4v) is 5.11. The SMILES string of the molecule is C=CC(F)(F)c1cc(NC(=O)CCc2ccc(CN/C(C)=C/C(=C/CC3=C(Br)C=NC3=C)c3ccccc3O)cc2)ccc1F. The first-order valence-corrected chi connectivity index (χ1v) is 15.0. The standard InChI is InChI=1S/C36H33BrF3N3O2/c1-4-36(39,40)31-20-28(15-17-33(31)38)43-35(45)18-13-25-9-11-26(12-10-25)21-41-23(2)19-27(30-7-5-6-8-34(30)44)14-16-29-24(3)42-22-32(29)37/h4-12,14-15,17,19-20,22,41,44H,1,3,13,16,18,21H2,2H3,(H,43,45)/b23-19+,27-14-. The van der Waals surface area contributed by atoms with Gasteiger partial charge in [-0.25, -0.2) is 4.39 Å². The molecule has 1 aliphatic rings. The molecule has 0 fully saturated rings. The lowest BCUT2D eigenvalue weighted by Gasteiger charge is -2.14. The van der Waals surface area contributed by atoms with Crippen LogP contribution in [0.2, 0.25) is 0 Å². The number of anilines is 1. The van der Waals surface area contributed by atoms with E-state index in [-0.39, 0.29) is 23.8 Å². The lowest BCUT2D eigenvalue weighted by atomic mass is 10.00. The molecule has 0 spiro atoms. The predicted octanol–water partition coefficient (Wildman–Crippen LogP) is 9.09. The zero-order valence-corrected chi connectivity index (χ0v) is 26.3. The summed E-state index contributed by atoms with van der Waals surface area (Å²) in [5.41, 5.74) is 5.36. The van der Waals surface area contributed by atoms with Crippen LogP contribution in [0.3, 0.4) is 0 Å². The molecule has 3 N–H and O–H groups in total. The van der Waals surface area contributed by atoms with E-state index in [0.717, 1.165) is 44.6 Å². The highest BCUT2D eigenvalue weighted by atomic mass is 79.9. The number of aliphatic imine (C=N–C) groups is 1. The molecule has 1 heterocycles. The molecule has 0 unspecified atom stereocenters. The Morgan fingerprint density at radius 2 is 1.80 bits per heavy atom. The minimum atomic E-state index is -3.55. The van der Waals surface area contributed by atoms with E-state index in [0.29, 0.717) is 36.7 Å². The summed E-state index contributed by atoms with van der Waals surface area (Å²) in [5.74, 6) is -4.81. The third-order valence-corrected chi connectivity index (χ3v) is 7.87. The molecule has 3 aromatic rings. The topological polar surface area (TPSA) is 73.7 Å². The predicted molar refractivity (Wildman–Crippen MR) is 179 cm³/mol. The number of para-hydroxylation sites is 1. The first kappa shape index (κ1) is 33.3. The van der Waals surface area contributed by atoms with Crippen LogP contribution in [0, 0.1) is 5.82 Å². The molecule has 0 radical (unpaired) electrons. The third-order valence-electron chi connectivity index (χ3n) is 7.18. The number of rotatable bonds is 13. The van der Waals surface area contributed by atoms with Gasteiger partial charge in [-0.2, -0.15) is 8.78 Å². The Morgan fingerprint density at radius 3 is 2.47 bits per heavy atom. The van der Waals surface area contributed by atoms with Crippen molar-refractivity contribution in [2.75, 3.05) is 5.32 Å². The Morgan fingerprint density at radius 1 is 1.09 bits per heavy atom. The second-order valence-electron chi connectivity index (χ2n) is 10.5. The Labute approximate surface area is 269 Å². The fourth-order valence-electron chi connectivity index (χ4n) is 4.62. The van der Waals surface area contributed by atoms with Gasteiger partial charge in [0.05, 0.1) is 11.3 Å². The molecule has 0 aliphatic carbocycles. The summed E-state index contributed by atoms with van der Waals surface area (Å²) in [4.78, 5) is 16.7. The lowest BCUT2D eigenvalue weighted by molar-refractivity contribution is -0.116. The van der Waals surface area contributed by atoms with Gasteiger partial charge >= 0.3 is 0 Å². The quantitative estimate of drug-likeness (QED) is 0.125. The van der Waals surface area contributed by atoms with E-state index in [9.17, 15) is 23.1 Å². The number of hydrogen-bond donors (Lipinski definition) is 3. The number of allylic oxidation sites excluding steroid dienone is 7. The van der Waals surface area contributed by atoms with Gasteiger partial charge in [0.25, 0.3) is 5.92 Å². The molecule has 5 nitrogen and oxygen atoms in total. The van der Waals surface area contributed by atoms with E-state index in [1.807, 2.05) is 55.5 Å². The van der Waals surface area contributed by atoms with Crippen molar-refractivity contribution in [3.05, 3.63) is 148 Å². The summed E-state index contributed by atoms with van der Waals surface area (Å²) in [5, 5.41) is 16.5. The number of aromatic hydroxyl groups is 1. The van der Waals surface area contributed by atoms with E-state index in [4.69, 9.17) is 0 Å². The highest BCUT2D eigenvalue weighted by molar-refractivity contribution is 9.12. The monoisotopic (exact) mass is 675 g/mol. The average molecular weight is 677 g/mol. The second-order valence-corrected chi connectivity index (χ2v) is 11.3. The van der Waals surface area contributed by atoms with Crippen molar-refractivity contribution < 1.29 is 23.1 Å². The molecule has 0 atom stereocenters. The number of nitrogens with one attached hydrogen (secondary N) is 2. The van der Waals surface area contributed by atoms with Gasteiger partial charge in [-0.05, 0) is 94.4 Å². The number of hydrogen-bond acceptors (Lipinski definition) is 4. The zero-order valence-electron chi connectivity index (χ0n) is 24.7. The second kappa shape index (κ2) is 14.9. The third kappa shape index (κ3) is 8.95. The maximum absolute atomic E-state index is 13.9. The molecule has 232 valence electrons. The van der Waals surface area contributed by atoms with E-state index in [2.05, 4.69) is 44.7 Å². The van der Waals surface area contributed by atoms with E-state index in [1.165, 1.54) is 6.07 Å². The summed E-state index contributed by atoms with van der Waals surface area (Å²) in [7, 11) is 0. The van der Waals surface area contributed by atoms with Crippen LogP contribution in [-0.4, -0.2) is 17.2 Å². The number of phenols is 1. The molecular formula is C36H33BrF3N3O2. The van der Waals surface area contributed by atoms with Crippen LogP contribution in [0.5, 0.6) is 5.75 Å².